The van der Waals surface area contributed by atoms with Gasteiger partial charge in [-0.1, -0.05) is 0 Å². The first-order valence-electron chi connectivity index (χ1n) is 6.05. The maximum Gasteiger partial charge on any atom is 0.322 e. The molecule has 4 nitrogen and oxygen atoms in total. The minimum Gasteiger partial charge on any atom is -0.479 e. The fourth-order valence-corrected chi connectivity index (χ4v) is 4.09. The molecule has 2 atom stereocenters. The van der Waals surface area contributed by atoms with Gasteiger partial charge in [-0.15, -0.1) is 31.5 Å². The highest BCUT2D eigenvalue weighted by Gasteiger charge is 2.27. The van der Waals surface area contributed by atoms with Crippen LogP contribution in [-0.2, 0) is 13.1 Å². The van der Waals surface area contributed by atoms with Gasteiger partial charge in [0.15, 0.2) is 0 Å². The van der Waals surface area contributed by atoms with Gasteiger partial charge in [-0.05, 0) is 33.7 Å². The third-order valence-electron chi connectivity index (χ3n) is 3.34. The Balaban J connectivity index is 1.86. The van der Waals surface area contributed by atoms with Crippen molar-refractivity contribution in [1.29, 1.82) is 0 Å². The first-order valence-corrected chi connectivity index (χ1v) is 12.1. The number of benzene rings is 1. The van der Waals surface area contributed by atoms with Crippen LogP contribution in [0.5, 0.6) is 11.5 Å². The fraction of sp³-hybridized carbons (Fsp3) is 0.400. The van der Waals surface area contributed by atoms with Gasteiger partial charge in [0.05, 0.1) is 0 Å². The largest absolute Gasteiger partial charge is 0.479 e. The Bertz CT molecular complexity index is 483. The molecular weight excluding hydrogens is 518 g/mol. The van der Waals surface area contributed by atoms with E-state index in [9.17, 15) is 0 Å². The summed E-state index contributed by atoms with van der Waals surface area (Å²) >= 11 is 4.64. The topological polar surface area (TPSA) is 24.9 Å². The minimum absolute atomic E-state index is 0.371. The summed E-state index contributed by atoms with van der Waals surface area (Å²) in [6, 6.07) is 4.22. The molecule has 0 saturated carbocycles. The molecular formula is C10H12B2I2N2O2P2. The van der Waals surface area contributed by atoms with Crippen molar-refractivity contribution in [3.63, 3.8) is 0 Å². The molecule has 0 amide bonds. The molecule has 20 heavy (non-hydrogen) atoms. The highest BCUT2D eigenvalue weighted by molar-refractivity contribution is 14.2. The minimum atomic E-state index is -0.641. The van der Waals surface area contributed by atoms with E-state index in [-0.39, 0.29) is 0 Å². The Labute approximate surface area is 150 Å². The SMILES string of the molecule is [B]P(I)N1COc2cc3c(cc2C1)CN(B(P)I)CO3. The second kappa shape index (κ2) is 6.75. The molecule has 0 saturated heterocycles. The molecule has 2 heterocycles. The van der Waals surface area contributed by atoms with Crippen LogP contribution in [0.1, 0.15) is 11.1 Å². The molecule has 2 radical (unpaired) electrons. The second-order valence-corrected chi connectivity index (χ2v) is 12.1. The van der Waals surface area contributed by atoms with Crippen molar-refractivity contribution in [3.05, 3.63) is 23.3 Å². The van der Waals surface area contributed by atoms with Gasteiger partial charge in [-0.2, -0.15) is 0 Å². The van der Waals surface area contributed by atoms with E-state index in [1.54, 1.807) is 0 Å². The third kappa shape index (κ3) is 3.40. The average Bonchev–Trinajstić information content (AvgIpc) is 2.43. The van der Waals surface area contributed by atoms with Crippen molar-refractivity contribution >= 4 is 71.1 Å². The van der Waals surface area contributed by atoms with Crippen LogP contribution in [0.15, 0.2) is 12.1 Å². The number of hydrogen-bond acceptors (Lipinski definition) is 4. The van der Waals surface area contributed by atoms with E-state index in [4.69, 9.17) is 17.0 Å². The number of rotatable bonds is 2. The summed E-state index contributed by atoms with van der Waals surface area (Å²) < 4.78 is 14.2. The standard InChI is InChI=1S/C10H12B2I2N2O2P2/c11-20(14)16-4-8-1-7-3-15(12(13)19)5-17-9(7)2-10(8)18-6-16/h1-2H,3-6,19H2. The highest BCUT2D eigenvalue weighted by atomic mass is 127. The zero-order valence-corrected chi connectivity index (χ0v) is 17.0. The van der Waals surface area contributed by atoms with Crippen molar-refractivity contribution in [2.75, 3.05) is 13.5 Å². The predicted octanol–water partition coefficient (Wildman–Crippen LogP) is 3.12. The summed E-state index contributed by atoms with van der Waals surface area (Å²) in [6.07, 6.45) is 0. The molecule has 0 aliphatic carbocycles. The van der Waals surface area contributed by atoms with E-state index in [1.165, 1.54) is 11.1 Å². The van der Waals surface area contributed by atoms with Gasteiger partial charge in [0, 0.05) is 30.3 Å². The number of halogens is 2. The molecule has 1 aromatic rings. The van der Waals surface area contributed by atoms with E-state index < -0.39 is 5.59 Å². The monoisotopic (exact) mass is 530 g/mol. The van der Waals surface area contributed by atoms with E-state index >= 15 is 0 Å². The molecule has 0 N–H and O–H groups in total. The Morgan fingerprint density at radius 1 is 1.20 bits per heavy atom. The molecule has 2 aliphatic heterocycles. The zero-order chi connectivity index (χ0) is 14.3. The van der Waals surface area contributed by atoms with Crippen LogP contribution in [0.3, 0.4) is 0 Å². The van der Waals surface area contributed by atoms with Gasteiger partial charge < -0.3 is 9.47 Å². The van der Waals surface area contributed by atoms with E-state index in [2.05, 4.69) is 69.1 Å². The Morgan fingerprint density at radius 3 is 2.50 bits per heavy atom. The maximum absolute atomic E-state index is 5.98. The summed E-state index contributed by atoms with van der Waals surface area (Å²) in [5.74, 6) is 1.87. The lowest BCUT2D eigenvalue weighted by atomic mass is 10.0. The summed E-state index contributed by atoms with van der Waals surface area (Å²) in [5, 5.41) is 0. The van der Waals surface area contributed by atoms with Crippen LogP contribution < -0.4 is 9.47 Å². The molecule has 2 aliphatic rings. The molecule has 0 spiro atoms. The lowest BCUT2D eigenvalue weighted by molar-refractivity contribution is 0.160. The van der Waals surface area contributed by atoms with Gasteiger partial charge >= 0.3 is 4.42 Å². The van der Waals surface area contributed by atoms with Crippen molar-refractivity contribution in [2.24, 2.45) is 0 Å². The number of nitrogens with zero attached hydrogens (tertiary/aromatic N) is 2. The Hall–Kier alpha value is 1.19. The van der Waals surface area contributed by atoms with Gasteiger partial charge in [-0.3, -0.25) is 4.81 Å². The molecule has 0 bridgehead atoms. The number of hydrogen-bond donors (Lipinski definition) is 0. The van der Waals surface area contributed by atoms with Gasteiger partial charge in [0.1, 0.15) is 32.5 Å². The normalized spacial score (nSPS) is 20.4. The number of ether oxygens (including phenoxy) is 2. The lowest BCUT2D eigenvalue weighted by Crippen LogP contribution is -2.37. The van der Waals surface area contributed by atoms with Gasteiger partial charge in [0.25, 0.3) is 0 Å². The smallest absolute Gasteiger partial charge is 0.322 e. The van der Waals surface area contributed by atoms with E-state index in [0.29, 0.717) is 17.9 Å². The van der Waals surface area contributed by atoms with E-state index in [0.717, 1.165) is 24.6 Å². The Morgan fingerprint density at radius 2 is 1.85 bits per heavy atom. The van der Waals surface area contributed by atoms with Crippen LogP contribution in [0.2, 0.25) is 0 Å². The summed E-state index contributed by atoms with van der Waals surface area (Å²) in [7, 11) is 8.78. The van der Waals surface area contributed by atoms with Gasteiger partial charge in [-0.25, -0.2) is 4.67 Å². The van der Waals surface area contributed by atoms with Crippen molar-refractivity contribution < 1.29 is 9.47 Å². The molecule has 104 valence electrons. The highest BCUT2D eigenvalue weighted by Crippen LogP contribution is 2.47. The molecule has 10 heteroatoms. The molecule has 1 aromatic carbocycles. The first-order chi connectivity index (χ1) is 9.54. The summed E-state index contributed by atoms with van der Waals surface area (Å²) in [4.78, 5) is 2.26. The summed E-state index contributed by atoms with van der Waals surface area (Å²) in [6.45, 7) is 2.94. The third-order valence-corrected chi connectivity index (χ3v) is 7.18. The zero-order valence-electron chi connectivity index (χ0n) is 10.6. The van der Waals surface area contributed by atoms with Crippen molar-refractivity contribution in [3.8, 4) is 11.5 Å². The molecule has 0 aromatic heterocycles. The summed E-state index contributed by atoms with van der Waals surface area (Å²) in [5.41, 5.74) is 1.78. The molecule has 3 rings (SSSR count). The molecule has 0 fully saturated rings. The number of fused-ring (bicyclic) bond motifs is 2. The maximum atomic E-state index is 5.98. The quantitative estimate of drug-likeness (QED) is 0.334. The van der Waals surface area contributed by atoms with Crippen LogP contribution in [-0.4, -0.2) is 34.9 Å². The van der Waals surface area contributed by atoms with Crippen molar-refractivity contribution in [1.82, 2.24) is 9.48 Å². The predicted molar refractivity (Wildman–Crippen MR) is 105 cm³/mol. The van der Waals surface area contributed by atoms with Crippen LogP contribution >= 0.6 is 59.1 Å². The van der Waals surface area contributed by atoms with Crippen LogP contribution in [0, 0.1) is 0 Å². The van der Waals surface area contributed by atoms with Gasteiger partial charge in [0.2, 0.25) is 0 Å². The van der Waals surface area contributed by atoms with Crippen molar-refractivity contribution in [2.45, 2.75) is 13.1 Å². The fourth-order valence-electron chi connectivity index (χ4n) is 2.26. The van der Waals surface area contributed by atoms with Crippen LogP contribution in [0.25, 0.3) is 0 Å². The Kier molecular flexibility index (Phi) is 5.42. The lowest BCUT2D eigenvalue weighted by Gasteiger charge is -2.34. The van der Waals surface area contributed by atoms with Crippen LogP contribution in [0.4, 0.5) is 0 Å². The first kappa shape index (κ1) is 16.1. The second-order valence-electron chi connectivity index (χ2n) is 4.69. The van der Waals surface area contributed by atoms with E-state index in [1.807, 2.05) is 6.07 Å². The average molecular weight is 530 g/mol. The molecule has 2 unspecified atom stereocenters.